The molecule has 3 rings (SSSR count). The van der Waals surface area contributed by atoms with E-state index >= 15 is 0 Å². The van der Waals surface area contributed by atoms with E-state index in [-0.39, 0.29) is 5.78 Å². The molecule has 0 saturated carbocycles. The quantitative estimate of drug-likeness (QED) is 0.474. The van der Waals surface area contributed by atoms with Crippen molar-refractivity contribution in [3.8, 4) is 5.75 Å². The van der Waals surface area contributed by atoms with Crippen LogP contribution in [0.1, 0.15) is 26.5 Å². The average Bonchev–Trinajstić information content (AvgIpc) is 3.05. The first-order chi connectivity index (χ1) is 11.7. The van der Waals surface area contributed by atoms with Crippen LogP contribution in [0, 0.1) is 6.92 Å². The van der Waals surface area contributed by atoms with Gasteiger partial charge in [0.05, 0.1) is 16.1 Å². The van der Waals surface area contributed by atoms with Gasteiger partial charge in [-0.2, -0.15) is 0 Å². The van der Waals surface area contributed by atoms with Crippen molar-refractivity contribution in [1.29, 1.82) is 0 Å². The van der Waals surface area contributed by atoms with Gasteiger partial charge in [0.15, 0.2) is 5.78 Å². The Hall–Kier alpha value is -2.72. The molecule has 1 aromatic heterocycles. The summed E-state index contributed by atoms with van der Waals surface area (Å²) in [7, 11) is 0. The maximum Gasteiger partial charge on any atom is 0.197 e. The second kappa shape index (κ2) is 7.70. The molecular formula is C20H17NO2S. The molecule has 0 aliphatic heterocycles. The van der Waals surface area contributed by atoms with Crippen molar-refractivity contribution in [2.75, 3.05) is 0 Å². The van der Waals surface area contributed by atoms with E-state index in [4.69, 9.17) is 4.74 Å². The Morgan fingerprint density at radius 1 is 1.12 bits per heavy atom. The molecule has 0 aliphatic carbocycles. The summed E-state index contributed by atoms with van der Waals surface area (Å²) in [4.78, 5) is 17.0. The number of benzene rings is 2. The number of aryl methyl sites for hydroxylation is 1. The van der Waals surface area contributed by atoms with Crippen LogP contribution in [0.3, 0.4) is 0 Å². The molecule has 0 atom stereocenters. The molecule has 0 saturated heterocycles. The van der Waals surface area contributed by atoms with Crippen molar-refractivity contribution in [3.63, 3.8) is 0 Å². The van der Waals surface area contributed by atoms with Crippen molar-refractivity contribution < 1.29 is 9.53 Å². The Bertz CT molecular complexity index is 853. The number of allylic oxidation sites excluding steroid dienone is 1. The van der Waals surface area contributed by atoms with E-state index in [0.717, 1.165) is 22.6 Å². The maximum atomic E-state index is 12.2. The van der Waals surface area contributed by atoms with Gasteiger partial charge >= 0.3 is 0 Å². The highest BCUT2D eigenvalue weighted by atomic mass is 32.1. The third kappa shape index (κ3) is 3.97. The van der Waals surface area contributed by atoms with Crippen LogP contribution in [-0.4, -0.2) is 10.8 Å². The SMILES string of the molecule is Cc1ncsc1C(=O)/C=C\c1ccccc1OCc1ccccc1. The molecule has 24 heavy (non-hydrogen) atoms. The second-order valence-electron chi connectivity index (χ2n) is 5.28. The molecular weight excluding hydrogens is 318 g/mol. The summed E-state index contributed by atoms with van der Waals surface area (Å²) in [6.07, 6.45) is 3.37. The summed E-state index contributed by atoms with van der Waals surface area (Å²) >= 11 is 1.36. The number of carbonyl (C=O) groups excluding carboxylic acids is 1. The third-order valence-corrected chi connectivity index (χ3v) is 4.48. The first-order valence-electron chi connectivity index (χ1n) is 7.62. The zero-order valence-corrected chi connectivity index (χ0v) is 14.1. The van der Waals surface area contributed by atoms with Crippen LogP contribution >= 0.6 is 11.3 Å². The monoisotopic (exact) mass is 335 g/mol. The number of thiazole rings is 1. The predicted molar refractivity (Wildman–Crippen MR) is 97.4 cm³/mol. The molecule has 0 spiro atoms. The molecule has 1 heterocycles. The van der Waals surface area contributed by atoms with Gasteiger partial charge in [-0.25, -0.2) is 4.98 Å². The number of hydrogen-bond donors (Lipinski definition) is 0. The van der Waals surface area contributed by atoms with Crippen LogP contribution in [0.15, 0.2) is 66.2 Å². The minimum absolute atomic E-state index is 0.0344. The number of ether oxygens (including phenoxy) is 1. The fourth-order valence-corrected chi connectivity index (χ4v) is 2.99. The molecule has 4 heteroatoms. The highest BCUT2D eigenvalue weighted by Crippen LogP contribution is 2.22. The molecule has 0 bridgehead atoms. The summed E-state index contributed by atoms with van der Waals surface area (Å²) in [5.41, 5.74) is 4.44. The van der Waals surface area contributed by atoms with Gasteiger partial charge in [0, 0.05) is 5.56 Å². The molecule has 0 unspecified atom stereocenters. The minimum Gasteiger partial charge on any atom is -0.488 e. The van der Waals surface area contributed by atoms with Gasteiger partial charge in [-0.15, -0.1) is 11.3 Å². The Balaban J connectivity index is 1.73. The van der Waals surface area contributed by atoms with Crippen molar-refractivity contribution in [2.45, 2.75) is 13.5 Å². The Morgan fingerprint density at radius 3 is 2.62 bits per heavy atom. The molecule has 0 aliphatic rings. The van der Waals surface area contributed by atoms with Gasteiger partial charge < -0.3 is 4.74 Å². The lowest BCUT2D eigenvalue weighted by Gasteiger charge is -2.09. The topological polar surface area (TPSA) is 39.2 Å². The van der Waals surface area contributed by atoms with Crippen molar-refractivity contribution in [3.05, 3.63) is 87.9 Å². The van der Waals surface area contributed by atoms with Crippen molar-refractivity contribution in [2.24, 2.45) is 0 Å². The van der Waals surface area contributed by atoms with E-state index in [1.165, 1.54) is 11.3 Å². The largest absolute Gasteiger partial charge is 0.488 e. The zero-order chi connectivity index (χ0) is 16.8. The lowest BCUT2D eigenvalue weighted by atomic mass is 10.1. The van der Waals surface area contributed by atoms with E-state index in [2.05, 4.69) is 4.98 Å². The average molecular weight is 335 g/mol. The number of hydrogen-bond acceptors (Lipinski definition) is 4. The van der Waals surface area contributed by atoms with Crippen LogP contribution in [0.5, 0.6) is 5.75 Å². The molecule has 120 valence electrons. The predicted octanol–water partition coefficient (Wildman–Crippen LogP) is 4.93. The first kappa shape index (κ1) is 16.1. The summed E-state index contributed by atoms with van der Waals surface area (Å²) in [5.74, 6) is 0.722. The summed E-state index contributed by atoms with van der Waals surface area (Å²) in [6.45, 7) is 2.34. The molecule has 3 nitrogen and oxygen atoms in total. The number of ketones is 1. The lowest BCUT2D eigenvalue weighted by Crippen LogP contribution is -1.97. The van der Waals surface area contributed by atoms with Crippen LogP contribution in [0.25, 0.3) is 6.08 Å². The van der Waals surface area contributed by atoms with Crippen molar-refractivity contribution in [1.82, 2.24) is 4.98 Å². The van der Waals surface area contributed by atoms with Gasteiger partial charge in [0.2, 0.25) is 0 Å². The number of aromatic nitrogens is 1. The summed E-state index contributed by atoms with van der Waals surface area (Å²) in [6, 6.07) is 17.7. The molecule has 0 radical (unpaired) electrons. The summed E-state index contributed by atoms with van der Waals surface area (Å²) in [5, 5.41) is 0. The molecule has 2 aromatic carbocycles. The number of para-hydroxylation sites is 1. The smallest absolute Gasteiger partial charge is 0.197 e. The third-order valence-electron chi connectivity index (χ3n) is 3.54. The van der Waals surface area contributed by atoms with Gasteiger partial charge in [-0.3, -0.25) is 4.79 Å². The molecule has 0 amide bonds. The maximum absolute atomic E-state index is 12.2. The van der Waals surface area contributed by atoms with Gasteiger partial charge in [0.25, 0.3) is 0 Å². The van der Waals surface area contributed by atoms with Crippen LogP contribution in [-0.2, 0) is 6.61 Å². The van der Waals surface area contributed by atoms with Crippen molar-refractivity contribution >= 4 is 23.2 Å². The number of carbonyl (C=O) groups is 1. The van der Waals surface area contributed by atoms with Gasteiger partial charge in [-0.1, -0.05) is 48.5 Å². The number of nitrogens with zero attached hydrogens (tertiary/aromatic N) is 1. The van der Waals surface area contributed by atoms with E-state index in [9.17, 15) is 4.79 Å². The number of rotatable bonds is 6. The van der Waals surface area contributed by atoms with E-state index in [1.54, 1.807) is 17.7 Å². The van der Waals surface area contributed by atoms with Crippen LogP contribution in [0.2, 0.25) is 0 Å². The van der Waals surface area contributed by atoms with E-state index in [0.29, 0.717) is 11.5 Å². The Morgan fingerprint density at radius 2 is 1.88 bits per heavy atom. The highest BCUT2D eigenvalue weighted by molar-refractivity contribution is 7.12. The molecule has 0 fully saturated rings. The Labute approximate surface area is 145 Å². The van der Waals surface area contributed by atoms with Crippen LogP contribution in [0.4, 0.5) is 0 Å². The summed E-state index contributed by atoms with van der Waals surface area (Å²) < 4.78 is 5.90. The van der Waals surface area contributed by atoms with E-state index in [1.807, 2.05) is 61.5 Å². The van der Waals surface area contributed by atoms with Gasteiger partial charge in [0.1, 0.15) is 12.4 Å². The Kier molecular flexibility index (Phi) is 5.18. The minimum atomic E-state index is -0.0344. The molecule has 0 N–H and O–H groups in total. The van der Waals surface area contributed by atoms with Gasteiger partial charge in [-0.05, 0) is 30.7 Å². The second-order valence-corrected chi connectivity index (χ2v) is 6.13. The lowest BCUT2D eigenvalue weighted by molar-refractivity contribution is 0.105. The fraction of sp³-hybridized carbons (Fsp3) is 0.100. The van der Waals surface area contributed by atoms with Crippen LogP contribution < -0.4 is 4.74 Å². The fourth-order valence-electron chi connectivity index (χ4n) is 2.26. The van der Waals surface area contributed by atoms with E-state index < -0.39 is 0 Å². The first-order valence-corrected chi connectivity index (χ1v) is 8.50. The zero-order valence-electron chi connectivity index (χ0n) is 13.3. The normalized spacial score (nSPS) is 10.9. The highest BCUT2D eigenvalue weighted by Gasteiger charge is 2.09. The standard InChI is InChI=1S/C20H17NO2S/c1-15-20(24-14-21-15)18(22)12-11-17-9-5-6-10-19(17)23-13-16-7-3-2-4-8-16/h2-12,14H,13H2,1H3/b12-11-. The molecule has 3 aromatic rings.